The molecule has 0 bridgehead atoms. The molecule has 2 rings (SSSR count). The van der Waals surface area contributed by atoms with Gasteiger partial charge in [-0.05, 0) is 18.1 Å². The maximum atomic E-state index is 3.86. The lowest BCUT2D eigenvalue weighted by molar-refractivity contribution is 0.650. The second-order valence-corrected chi connectivity index (χ2v) is 3.85. The number of hydrogen-bond donors (Lipinski definition) is 0. The Morgan fingerprint density at radius 1 is 1.33 bits per heavy atom. The average Bonchev–Trinajstić information content (AvgIpc) is 2.65. The Hall–Kier alpha value is -1.50. The quantitative estimate of drug-likeness (QED) is 0.699. The summed E-state index contributed by atoms with van der Waals surface area (Å²) < 4.78 is 2.33. The molecular formula is C14H17N. The fourth-order valence-corrected chi connectivity index (χ4v) is 1.95. The lowest BCUT2D eigenvalue weighted by atomic mass is 10.2. The van der Waals surface area contributed by atoms with Gasteiger partial charge in [0.2, 0.25) is 0 Å². The Morgan fingerprint density at radius 3 is 2.87 bits per heavy atom. The van der Waals surface area contributed by atoms with Crippen molar-refractivity contribution in [1.29, 1.82) is 0 Å². The van der Waals surface area contributed by atoms with Crippen molar-refractivity contribution in [1.82, 2.24) is 4.57 Å². The highest BCUT2D eigenvalue weighted by Crippen LogP contribution is 2.22. The first-order chi connectivity index (χ1) is 7.36. The van der Waals surface area contributed by atoms with Crippen LogP contribution in [-0.2, 0) is 6.54 Å². The number of fused-ring (bicyclic) bond motifs is 1. The predicted octanol–water partition coefficient (Wildman–Crippen LogP) is 4.08. The minimum absolute atomic E-state index is 1.10. The number of benzene rings is 1. The first kappa shape index (κ1) is 10.0. The molecule has 1 nitrogen and oxygen atoms in total. The molecule has 0 atom stereocenters. The molecule has 0 saturated carbocycles. The molecule has 0 aliphatic heterocycles. The van der Waals surface area contributed by atoms with Crippen LogP contribution in [0, 0.1) is 0 Å². The van der Waals surface area contributed by atoms with Crippen LogP contribution in [0.15, 0.2) is 37.0 Å². The van der Waals surface area contributed by atoms with Gasteiger partial charge in [-0.2, -0.15) is 0 Å². The number of rotatable bonds is 4. The molecule has 0 spiro atoms. The van der Waals surface area contributed by atoms with Crippen molar-refractivity contribution >= 4 is 17.0 Å². The van der Waals surface area contributed by atoms with E-state index in [4.69, 9.17) is 0 Å². The standard InChI is InChI=1S/C14H17N/c1-3-5-10-15-11-12(4-2)13-8-6-7-9-14(13)15/h4,6-9,11H,2-3,5,10H2,1H3. The highest BCUT2D eigenvalue weighted by atomic mass is 15.0. The lowest BCUT2D eigenvalue weighted by Crippen LogP contribution is -1.94. The summed E-state index contributed by atoms with van der Waals surface area (Å²) >= 11 is 0. The Balaban J connectivity index is 2.50. The van der Waals surface area contributed by atoms with Crippen LogP contribution in [0.2, 0.25) is 0 Å². The van der Waals surface area contributed by atoms with Crippen molar-refractivity contribution in [2.24, 2.45) is 0 Å². The van der Waals surface area contributed by atoms with E-state index in [1.54, 1.807) is 0 Å². The molecule has 0 N–H and O–H groups in total. The van der Waals surface area contributed by atoms with Crippen LogP contribution >= 0.6 is 0 Å². The van der Waals surface area contributed by atoms with Crippen LogP contribution in [-0.4, -0.2) is 4.57 Å². The maximum Gasteiger partial charge on any atom is 0.0486 e. The molecule has 0 saturated heterocycles. The van der Waals surface area contributed by atoms with Crippen molar-refractivity contribution < 1.29 is 0 Å². The van der Waals surface area contributed by atoms with Crippen molar-refractivity contribution in [3.8, 4) is 0 Å². The summed E-state index contributed by atoms with van der Waals surface area (Å²) in [4.78, 5) is 0. The summed E-state index contributed by atoms with van der Waals surface area (Å²) in [5.74, 6) is 0. The van der Waals surface area contributed by atoms with E-state index < -0.39 is 0 Å². The summed E-state index contributed by atoms with van der Waals surface area (Å²) in [6.45, 7) is 7.19. The molecule has 1 heteroatoms. The molecular weight excluding hydrogens is 182 g/mol. The normalized spacial score (nSPS) is 10.7. The molecule has 1 aromatic heterocycles. The summed E-state index contributed by atoms with van der Waals surface area (Å²) in [7, 11) is 0. The van der Waals surface area contributed by atoms with Crippen molar-refractivity contribution in [3.63, 3.8) is 0 Å². The molecule has 15 heavy (non-hydrogen) atoms. The molecule has 78 valence electrons. The van der Waals surface area contributed by atoms with Gasteiger partial charge in [0.15, 0.2) is 0 Å². The monoisotopic (exact) mass is 199 g/mol. The minimum Gasteiger partial charge on any atom is -0.347 e. The fraction of sp³-hybridized carbons (Fsp3) is 0.286. The number of aryl methyl sites for hydroxylation is 1. The molecule has 0 aliphatic rings. The minimum atomic E-state index is 1.10. The summed E-state index contributed by atoms with van der Waals surface area (Å²) in [5, 5.41) is 1.31. The van der Waals surface area contributed by atoms with Crippen molar-refractivity contribution in [2.45, 2.75) is 26.3 Å². The Morgan fingerprint density at radius 2 is 2.13 bits per heavy atom. The van der Waals surface area contributed by atoms with Gasteiger partial charge in [0.25, 0.3) is 0 Å². The molecule has 2 aromatic rings. The van der Waals surface area contributed by atoms with Gasteiger partial charge in [0.1, 0.15) is 0 Å². The van der Waals surface area contributed by atoms with E-state index in [1.807, 2.05) is 6.08 Å². The number of aromatic nitrogens is 1. The van der Waals surface area contributed by atoms with Gasteiger partial charge in [-0.1, -0.05) is 44.2 Å². The van der Waals surface area contributed by atoms with Crippen LogP contribution in [0.25, 0.3) is 17.0 Å². The van der Waals surface area contributed by atoms with Crippen LogP contribution in [0.5, 0.6) is 0 Å². The zero-order valence-corrected chi connectivity index (χ0v) is 9.24. The molecule has 1 aromatic carbocycles. The summed E-state index contributed by atoms with van der Waals surface area (Å²) in [5.41, 5.74) is 2.56. The Labute approximate surface area is 91.0 Å². The molecule has 0 amide bonds. The molecule has 0 fully saturated rings. The molecule has 0 aliphatic carbocycles. The molecule has 1 heterocycles. The van der Waals surface area contributed by atoms with E-state index in [9.17, 15) is 0 Å². The first-order valence-corrected chi connectivity index (χ1v) is 5.57. The number of nitrogens with zero attached hydrogens (tertiary/aromatic N) is 1. The predicted molar refractivity (Wildman–Crippen MR) is 66.9 cm³/mol. The van der Waals surface area contributed by atoms with Crippen LogP contribution in [0.1, 0.15) is 25.3 Å². The van der Waals surface area contributed by atoms with Gasteiger partial charge in [-0.15, -0.1) is 0 Å². The molecule has 0 radical (unpaired) electrons. The topological polar surface area (TPSA) is 4.93 Å². The van der Waals surface area contributed by atoms with Gasteiger partial charge >= 0.3 is 0 Å². The van der Waals surface area contributed by atoms with E-state index in [0.717, 1.165) is 6.54 Å². The second kappa shape index (κ2) is 4.35. The SMILES string of the molecule is C=Cc1cn(CCCC)c2ccccc12. The van der Waals surface area contributed by atoms with Gasteiger partial charge < -0.3 is 4.57 Å². The third-order valence-corrected chi connectivity index (χ3v) is 2.79. The Bertz CT molecular complexity index is 465. The third kappa shape index (κ3) is 1.82. The van der Waals surface area contributed by atoms with Crippen molar-refractivity contribution in [3.05, 3.63) is 42.6 Å². The van der Waals surface area contributed by atoms with Crippen LogP contribution in [0.3, 0.4) is 0 Å². The maximum absolute atomic E-state index is 3.86. The fourth-order valence-electron chi connectivity index (χ4n) is 1.95. The smallest absolute Gasteiger partial charge is 0.0486 e. The van der Waals surface area contributed by atoms with E-state index in [-0.39, 0.29) is 0 Å². The van der Waals surface area contributed by atoms with Gasteiger partial charge in [0, 0.05) is 23.6 Å². The second-order valence-electron chi connectivity index (χ2n) is 3.85. The van der Waals surface area contributed by atoms with E-state index in [2.05, 4.69) is 48.5 Å². The molecule has 0 unspecified atom stereocenters. The summed E-state index contributed by atoms with van der Waals surface area (Å²) in [6, 6.07) is 8.52. The third-order valence-electron chi connectivity index (χ3n) is 2.79. The van der Waals surface area contributed by atoms with Crippen LogP contribution < -0.4 is 0 Å². The number of unbranched alkanes of at least 4 members (excludes halogenated alkanes) is 1. The van der Waals surface area contributed by atoms with E-state index in [0.29, 0.717) is 0 Å². The zero-order valence-electron chi connectivity index (χ0n) is 9.24. The lowest BCUT2D eigenvalue weighted by Gasteiger charge is -2.02. The first-order valence-electron chi connectivity index (χ1n) is 5.57. The van der Waals surface area contributed by atoms with Crippen molar-refractivity contribution in [2.75, 3.05) is 0 Å². The highest BCUT2D eigenvalue weighted by molar-refractivity contribution is 5.89. The van der Waals surface area contributed by atoms with Gasteiger partial charge in [-0.3, -0.25) is 0 Å². The summed E-state index contributed by atoms with van der Waals surface area (Å²) in [6.07, 6.45) is 6.60. The highest BCUT2D eigenvalue weighted by Gasteiger charge is 2.04. The van der Waals surface area contributed by atoms with Crippen LogP contribution in [0.4, 0.5) is 0 Å². The van der Waals surface area contributed by atoms with Gasteiger partial charge in [0.05, 0.1) is 0 Å². The van der Waals surface area contributed by atoms with E-state index >= 15 is 0 Å². The zero-order chi connectivity index (χ0) is 10.7. The average molecular weight is 199 g/mol. The number of hydrogen-bond acceptors (Lipinski definition) is 0. The van der Waals surface area contributed by atoms with Gasteiger partial charge in [-0.25, -0.2) is 0 Å². The Kier molecular flexibility index (Phi) is 2.91. The number of para-hydroxylation sites is 1. The van der Waals surface area contributed by atoms with E-state index in [1.165, 1.54) is 29.3 Å². The largest absolute Gasteiger partial charge is 0.347 e.